The maximum absolute atomic E-state index is 12.3. The number of aryl methyl sites for hydroxylation is 1. The lowest BCUT2D eigenvalue weighted by molar-refractivity contribution is -0.136. The van der Waals surface area contributed by atoms with Crippen LogP contribution in [-0.2, 0) is 16.0 Å². The third-order valence-corrected chi connectivity index (χ3v) is 3.01. The van der Waals surface area contributed by atoms with Crippen LogP contribution in [0, 0.1) is 0 Å². The van der Waals surface area contributed by atoms with Gasteiger partial charge in [-0.2, -0.15) is 0 Å². The number of hydrogen-bond acceptors (Lipinski definition) is 3. The smallest absolute Gasteiger partial charge is 0.323 e. The van der Waals surface area contributed by atoms with Crippen molar-refractivity contribution in [2.45, 2.75) is 12.8 Å². The Kier molecular flexibility index (Phi) is 5.04. The Bertz CT molecular complexity index is 599. The van der Waals surface area contributed by atoms with Gasteiger partial charge in [0.05, 0.1) is 0 Å². The van der Waals surface area contributed by atoms with E-state index in [-0.39, 0.29) is 18.9 Å². The molecule has 2 aromatic rings. The molecular weight excluding hydrogens is 268 g/mol. The van der Waals surface area contributed by atoms with Crippen LogP contribution in [0.1, 0.15) is 12.0 Å². The second-order valence-electron chi connectivity index (χ2n) is 4.57. The fourth-order valence-corrected chi connectivity index (χ4v) is 2.00. The van der Waals surface area contributed by atoms with Gasteiger partial charge in [-0.1, -0.05) is 24.3 Å². The topological polar surface area (TPSA) is 70.5 Å². The van der Waals surface area contributed by atoms with Crippen LogP contribution in [0.4, 0.5) is 5.69 Å². The van der Waals surface area contributed by atoms with E-state index in [0.29, 0.717) is 12.1 Å². The first-order chi connectivity index (χ1) is 10.2. The maximum atomic E-state index is 12.3. The number of amides is 1. The Morgan fingerprint density at radius 1 is 1.10 bits per heavy atom. The Balaban J connectivity index is 2.06. The summed E-state index contributed by atoms with van der Waals surface area (Å²) >= 11 is 0. The van der Waals surface area contributed by atoms with E-state index in [1.807, 2.05) is 18.2 Å². The maximum Gasteiger partial charge on any atom is 0.323 e. The van der Waals surface area contributed by atoms with Gasteiger partial charge in [0.1, 0.15) is 6.54 Å². The number of carboxylic acid groups (broad SMARTS) is 1. The molecule has 0 fully saturated rings. The molecule has 5 nitrogen and oxygen atoms in total. The van der Waals surface area contributed by atoms with Gasteiger partial charge in [0.2, 0.25) is 5.91 Å². The summed E-state index contributed by atoms with van der Waals surface area (Å²) in [6.45, 7) is -0.337. The largest absolute Gasteiger partial charge is 0.480 e. The number of rotatable bonds is 6. The van der Waals surface area contributed by atoms with Crippen molar-refractivity contribution in [3.05, 3.63) is 60.4 Å². The van der Waals surface area contributed by atoms with Crippen LogP contribution in [0.2, 0.25) is 0 Å². The summed E-state index contributed by atoms with van der Waals surface area (Å²) in [6.07, 6.45) is 4.16. The molecule has 0 bridgehead atoms. The Hall–Kier alpha value is -2.69. The Morgan fingerprint density at radius 3 is 2.48 bits per heavy atom. The summed E-state index contributed by atoms with van der Waals surface area (Å²) in [4.78, 5) is 28.5. The number of para-hydroxylation sites is 1. The van der Waals surface area contributed by atoms with Gasteiger partial charge < -0.3 is 10.0 Å². The summed E-state index contributed by atoms with van der Waals surface area (Å²) in [5, 5.41) is 8.98. The standard InChI is InChI=1S/C16H16N2O3/c19-15(9-8-13-5-4-10-17-11-13)18(12-16(20)21)14-6-2-1-3-7-14/h1-7,10-11H,8-9,12H2,(H,20,21). The summed E-state index contributed by atoms with van der Waals surface area (Å²) in [5.74, 6) is -1.25. The first kappa shape index (κ1) is 14.7. The predicted molar refractivity (Wildman–Crippen MR) is 79.0 cm³/mol. The molecule has 0 aliphatic rings. The molecule has 0 radical (unpaired) electrons. The summed E-state index contributed by atoms with van der Waals surface area (Å²) in [5.41, 5.74) is 1.55. The fourth-order valence-electron chi connectivity index (χ4n) is 2.00. The minimum Gasteiger partial charge on any atom is -0.480 e. The second kappa shape index (κ2) is 7.19. The molecule has 5 heteroatoms. The summed E-state index contributed by atoms with van der Waals surface area (Å²) in [7, 11) is 0. The molecule has 21 heavy (non-hydrogen) atoms. The van der Waals surface area contributed by atoms with E-state index < -0.39 is 5.97 Å². The van der Waals surface area contributed by atoms with Gasteiger partial charge in [0, 0.05) is 24.5 Å². The van der Waals surface area contributed by atoms with Gasteiger partial charge in [0.25, 0.3) is 0 Å². The lowest BCUT2D eigenvalue weighted by Crippen LogP contribution is -2.35. The van der Waals surface area contributed by atoms with Crippen molar-refractivity contribution >= 4 is 17.6 Å². The Labute approximate surface area is 122 Å². The highest BCUT2D eigenvalue weighted by Gasteiger charge is 2.18. The first-order valence-corrected chi connectivity index (χ1v) is 6.63. The minimum atomic E-state index is -1.03. The lowest BCUT2D eigenvalue weighted by atomic mass is 10.1. The summed E-state index contributed by atoms with van der Waals surface area (Å²) < 4.78 is 0. The van der Waals surface area contributed by atoms with Gasteiger partial charge in [-0.25, -0.2) is 0 Å². The number of pyridine rings is 1. The van der Waals surface area contributed by atoms with Crippen molar-refractivity contribution in [1.82, 2.24) is 4.98 Å². The molecule has 0 unspecified atom stereocenters. The van der Waals surface area contributed by atoms with Crippen molar-refractivity contribution in [1.29, 1.82) is 0 Å². The SMILES string of the molecule is O=C(O)CN(C(=O)CCc1cccnc1)c1ccccc1. The zero-order chi connectivity index (χ0) is 15.1. The van der Waals surface area contributed by atoms with Crippen LogP contribution in [-0.4, -0.2) is 28.5 Å². The van der Waals surface area contributed by atoms with E-state index in [2.05, 4.69) is 4.98 Å². The van der Waals surface area contributed by atoms with E-state index >= 15 is 0 Å². The molecule has 0 atom stereocenters. The number of hydrogen-bond donors (Lipinski definition) is 1. The Morgan fingerprint density at radius 2 is 1.86 bits per heavy atom. The highest BCUT2D eigenvalue weighted by Crippen LogP contribution is 2.15. The van der Waals surface area contributed by atoms with Gasteiger partial charge in [-0.3, -0.25) is 14.6 Å². The van der Waals surface area contributed by atoms with E-state index in [0.717, 1.165) is 5.56 Å². The highest BCUT2D eigenvalue weighted by molar-refractivity contribution is 5.97. The summed E-state index contributed by atoms with van der Waals surface area (Å²) in [6, 6.07) is 12.5. The molecule has 0 spiro atoms. The normalized spacial score (nSPS) is 10.1. The molecule has 2 rings (SSSR count). The molecule has 1 amide bonds. The third-order valence-electron chi connectivity index (χ3n) is 3.01. The lowest BCUT2D eigenvalue weighted by Gasteiger charge is -2.20. The van der Waals surface area contributed by atoms with Crippen molar-refractivity contribution in [3.63, 3.8) is 0 Å². The van der Waals surface area contributed by atoms with Crippen molar-refractivity contribution in [2.75, 3.05) is 11.4 Å². The average molecular weight is 284 g/mol. The monoisotopic (exact) mass is 284 g/mol. The first-order valence-electron chi connectivity index (χ1n) is 6.63. The van der Waals surface area contributed by atoms with Gasteiger partial charge in [-0.15, -0.1) is 0 Å². The number of carbonyl (C=O) groups is 2. The quantitative estimate of drug-likeness (QED) is 0.882. The molecule has 0 aliphatic heterocycles. The predicted octanol–water partition coefficient (Wildman–Crippen LogP) is 2.13. The van der Waals surface area contributed by atoms with E-state index in [9.17, 15) is 9.59 Å². The molecule has 0 saturated carbocycles. The van der Waals surface area contributed by atoms with E-state index in [1.165, 1.54) is 4.90 Å². The van der Waals surface area contributed by atoms with Crippen LogP contribution in [0.3, 0.4) is 0 Å². The average Bonchev–Trinajstić information content (AvgIpc) is 2.52. The third kappa shape index (κ3) is 4.42. The number of aliphatic carboxylic acids is 1. The molecular formula is C16H16N2O3. The van der Waals surface area contributed by atoms with Gasteiger partial charge >= 0.3 is 5.97 Å². The number of carboxylic acids is 1. The van der Waals surface area contributed by atoms with Crippen LogP contribution in [0.25, 0.3) is 0 Å². The van der Waals surface area contributed by atoms with Crippen LogP contribution in [0.5, 0.6) is 0 Å². The molecule has 0 saturated heterocycles. The van der Waals surface area contributed by atoms with E-state index in [1.54, 1.807) is 36.7 Å². The van der Waals surface area contributed by atoms with Gasteiger partial charge in [0.15, 0.2) is 0 Å². The second-order valence-corrected chi connectivity index (χ2v) is 4.57. The zero-order valence-corrected chi connectivity index (χ0v) is 11.5. The van der Waals surface area contributed by atoms with E-state index in [4.69, 9.17) is 5.11 Å². The van der Waals surface area contributed by atoms with Crippen LogP contribution >= 0.6 is 0 Å². The molecule has 1 heterocycles. The molecule has 108 valence electrons. The number of aromatic nitrogens is 1. The van der Waals surface area contributed by atoms with Crippen LogP contribution < -0.4 is 4.90 Å². The van der Waals surface area contributed by atoms with Crippen molar-refractivity contribution in [2.24, 2.45) is 0 Å². The number of nitrogens with zero attached hydrogens (tertiary/aromatic N) is 2. The fraction of sp³-hybridized carbons (Fsp3) is 0.188. The zero-order valence-electron chi connectivity index (χ0n) is 11.5. The number of benzene rings is 1. The minimum absolute atomic E-state index is 0.215. The molecule has 1 aromatic heterocycles. The number of anilines is 1. The number of carbonyl (C=O) groups excluding carboxylic acids is 1. The highest BCUT2D eigenvalue weighted by atomic mass is 16.4. The molecule has 1 N–H and O–H groups in total. The van der Waals surface area contributed by atoms with Crippen molar-refractivity contribution < 1.29 is 14.7 Å². The molecule has 0 aliphatic carbocycles. The molecule has 1 aromatic carbocycles. The van der Waals surface area contributed by atoms with Crippen LogP contribution in [0.15, 0.2) is 54.9 Å². The van der Waals surface area contributed by atoms with Gasteiger partial charge in [-0.05, 0) is 30.2 Å². The van der Waals surface area contributed by atoms with Crippen molar-refractivity contribution in [3.8, 4) is 0 Å².